The van der Waals surface area contributed by atoms with Crippen LogP contribution in [0.2, 0.25) is 0 Å². The third-order valence-corrected chi connectivity index (χ3v) is 3.53. The first-order chi connectivity index (χ1) is 6.36. The lowest BCUT2D eigenvalue weighted by Gasteiger charge is -2.28. The maximum Gasteiger partial charge on any atom is 0.0480 e. The average molecular weight is 183 g/mol. The van der Waals surface area contributed by atoms with Crippen molar-refractivity contribution in [3.05, 3.63) is 0 Å². The smallest absolute Gasteiger partial charge is 0.0480 e. The fraction of sp³-hybridized carbons (Fsp3) is 1.00. The topological polar surface area (TPSA) is 21.3 Å². The third-order valence-electron chi connectivity index (χ3n) is 3.53. The fourth-order valence-corrected chi connectivity index (χ4v) is 2.56. The quantitative estimate of drug-likeness (QED) is 0.706. The van der Waals surface area contributed by atoms with Gasteiger partial charge in [-0.1, -0.05) is 13.3 Å². The molecular formula is C11H21NO. The molecule has 0 bridgehead atoms. The standard InChI is InChI=1S/C11H21NO/c1-9-3-2-4-11(9)12-10-5-7-13-8-6-10/h9-12H,2-8H2,1H3. The van der Waals surface area contributed by atoms with Crippen molar-refractivity contribution in [3.63, 3.8) is 0 Å². The molecule has 2 unspecified atom stereocenters. The van der Waals surface area contributed by atoms with Gasteiger partial charge in [0.25, 0.3) is 0 Å². The van der Waals surface area contributed by atoms with Gasteiger partial charge in [0.15, 0.2) is 0 Å². The van der Waals surface area contributed by atoms with Crippen LogP contribution in [0.25, 0.3) is 0 Å². The summed E-state index contributed by atoms with van der Waals surface area (Å²) >= 11 is 0. The lowest BCUT2D eigenvalue weighted by atomic mass is 10.0. The molecule has 1 saturated heterocycles. The zero-order valence-corrected chi connectivity index (χ0v) is 8.59. The lowest BCUT2D eigenvalue weighted by Crippen LogP contribution is -2.42. The van der Waals surface area contributed by atoms with Crippen molar-refractivity contribution in [3.8, 4) is 0 Å². The van der Waals surface area contributed by atoms with Crippen LogP contribution in [0.4, 0.5) is 0 Å². The Labute approximate surface area is 81.0 Å². The van der Waals surface area contributed by atoms with E-state index in [1.165, 1.54) is 32.1 Å². The maximum atomic E-state index is 5.35. The first-order valence-corrected chi connectivity index (χ1v) is 5.70. The minimum atomic E-state index is 0.735. The van der Waals surface area contributed by atoms with Gasteiger partial charge in [-0.2, -0.15) is 0 Å². The molecule has 1 N–H and O–H groups in total. The van der Waals surface area contributed by atoms with Crippen LogP contribution < -0.4 is 5.32 Å². The highest BCUT2D eigenvalue weighted by Crippen LogP contribution is 2.26. The van der Waals surface area contributed by atoms with Gasteiger partial charge in [-0.05, 0) is 31.6 Å². The largest absolute Gasteiger partial charge is 0.381 e. The Morgan fingerprint density at radius 1 is 1.08 bits per heavy atom. The van der Waals surface area contributed by atoms with Crippen molar-refractivity contribution >= 4 is 0 Å². The minimum absolute atomic E-state index is 0.735. The number of hydrogen-bond acceptors (Lipinski definition) is 2. The van der Waals surface area contributed by atoms with E-state index < -0.39 is 0 Å². The Hall–Kier alpha value is -0.0800. The molecule has 0 spiro atoms. The zero-order chi connectivity index (χ0) is 9.10. The number of nitrogens with one attached hydrogen (secondary N) is 1. The molecule has 1 heterocycles. The van der Waals surface area contributed by atoms with Crippen LogP contribution in [0.3, 0.4) is 0 Å². The monoisotopic (exact) mass is 183 g/mol. The van der Waals surface area contributed by atoms with Crippen LogP contribution in [-0.4, -0.2) is 25.3 Å². The Bertz CT molecular complexity index is 154. The summed E-state index contributed by atoms with van der Waals surface area (Å²) in [6, 6.07) is 1.53. The highest BCUT2D eigenvalue weighted by Gasteiger charge is 2.26. The molecule has 2 heteroatoms. The van der Waals surface area contributed by atoms with E-state index in [1.54, 1.807) is 0 Å². The van der Waals surface area contributed by atoms with Gasteiger partial charge in [-0.25, -0.2) is 0 Å². The molecule has 2 rings (SSSR count). The summed E-state index contributed by atoms with van der Waals surface area (Å²) < 4.78 is 5.35. The SMILES string of the molecule is CC1CCCC1NC1CCOCC1. The molecular weight excluding hydrogens is 162 g/mol. The van der Waals surface area contributed by atoms with Crippen molar-refractivity contribution in [1.29, 1.82) is 0 Å². The van der Waals surface area contributed by atoms with Crippen LogP contribution in [0.5, 0.6) is 0 Å². The molecule has 0 aromatic heterocycles. The Balaban J connectivity index is 1.75. The van der Waals surface area contributed by atoms with E-state index in [9.17, 15) is 0 Å². The average Bonchev–Trinajstić information content (AvgIpc) is 2.54. The predicted octanol–water partition coefficient (Wildman–Crippen LogP) is 1.94. The molecule has 76 valence electrons. The Morgan fingerprint density at radius 2 is 1.85 bits per heavy atom. The molecule has 2 aliphatic rings. The number of hydrogen-bond donors (Lipinski definition) is 1. The van der Waals surface area contributed by atoms with E-state index in [-0.39, 0.29) is 0 Å². The second-order valence-electron chi connectivity index (χ2n) is 4.57. The number of rotatable bonds is 2. The molecule has 1 aliphatic carbocycles. The van der Waals surface area contributed by atoms with E-state index in [0.717, 1.165) is 31.2 Å². The first-order valence-electron chi connectivity index (χ1n) is 5.70. The molecule has 2 atom stereocenters. The summed E-state index contributed by atoms with van der Waals surface area (Å²) in [5, 5.41) is 3.79. The summed E-state index contributed by atoms with van der Waals surface area (Å²) in [4.78, 5) is 0. The van der Waals surface area contributed by atoms with Crippen LogP contribution in [0, 0.1) is 5.92 Å². The van der Waals surface area contributed by atoms with Gasteiger partial charge in [-0.3, -0.25) is 0 Å². The second kappa shape index (κ2) is 4.43. The summed E-state index contributed by atoms with van der Waals surface area (Å²) in [6.45, 7) is 4.29. The van der Waals surface area contributed by atoms with Crippen molar-refractivity contribution in [1.82, 2.24) is 5.32 Å². The van der Waals surface area contributed by atoms with Gasteiger partial charge in [0.05, 0.1) is 0 Å². The van der Waals surface area contributed by atoms with E-state index in [1.807, 2.05) is 0 Å². The van der Waals surface area contributed by atoms with Gasteiger partial charge >= 0.3 is 0 Å². The summed E-state index contributed by atoms with van der Waals surface area (Å²) in [5.41, 5.74) is 0. The maximum absolute atomic E-state index is 5.35. The van der Waals surface area contributed by atoms with Gasteiger partial charge in [-0.15, -0.1) is 0 Å². The van der Waals surface area contributed by atoms with Crippen molar-refractivity contribution in [2.45, 2.75) is 51.1 Å². The normalized spacial score (nSPS) is 36.7. The highest BCUT2D eigenvalue weighted by atomic mass is 16.5. The van der Waals surface area contributed by atoms with E-state index in [2.05, 4.69) is 12.2 Å². The van der Waals surface area contributed by atoms with E-state index in [0.29, 0.717) is 0 Å². The molecule has 0 amide bonds. The van der Waals surface area contributed by atoms with Crippen LogP contribution in [-0.2, 0) is 4.74 Å². The predicted molar refractivity (Wildman–Crippen MR) is 53.8 cm³/mol. The fourth-order valence-electron chi connectivity index (χ4n) is 2.56. The molecule has 1 aliphatic heterocycles. The van der Waals surface area contributed by atoms with Gasteiger partial charge < -0.3 is 10.1 Å². The molecule has 2 fully saturated rings. The van der Waals surface area contributed by atoms with Gasteiger partial charge in [0.2, 0.25) is 0 Å². The Morgan fingerprint density at radius 3 is 2.46 bits per heavy atom. The summed E-state index contributed by atoms with van der Waals surface area (Å²) in [7, 11) is 0. The third kappa shape index (κ3) is 2.44. The van der Waals surface area contributed by atoms with Gasteiger partial charge in [0.1, 0.15) is 0 Å². The summed E-state index contributed by atoms with van der Waals surface area (Å²) in [5.74, 6) is 0.892. The van der Waals surface area contributed by atoms with Crippen molar-refractivity contribution < 1.29 is 4.74 Å². The van der Waals surface area contributed by atoms with Crippen molar-refractivity contribution in [2.75, 3.05) is 13.2 Å². The van der Waals surface area contributed by atoms with E-state index in [4.69, 9.17) is 4.74 Å². The van der Waals surface area contributed by atoms with Crippen LogP contribution in [0.15, 0.2) is 0 Å². The molecule has 0 aromatic rings. The van der Waals surface area contributed by atoms with Crippen molar-refractivity contribution in [2.24, 2.45) is 5.92 Å². The first kappa shape index (κ1) is 9.47. The molecule has 1 saturated carbocycles. The minimum Gasteiger partial charge on any atom is -0.381 e. The second-order valence-corrected chi connectivity index (χ2v) is 4.57. The Kier molecular flexibility index (Phi) is 3.23. The van der Waals surface area contributed by atoms with E-state index >= 15 is 0 Å². The molecule has 13 heavy (non-hydrogen) atoms. The lowest BCUT2D eigenvalue weighted by molar-refractivity contribution is 0.0736. The van der Waals surface area contributed by atoms with Gasteiger partial charge in [0, 0.05) is 25.3 Å². The van der Waals surface area contributed by atoms with Crippen LogP contribution >= 0.6 is 0 Å². The molecule has 2 nitrogen and oxygen atoms in total. The number of ether oxygens (including phenoxy) is 1. The van der Waals surface area contributed by atoms with Crippen LogP contribution in [0.1, 0.15) is 39.0 Å². The highest BCUT2D eigenvalue weighted by molar-refractivity contribution is 4.84. The summed E-state index contributed by atoms with van der Waals surface area (Å²) in [6.07, 6.45) is 6.65. The zero-order valence-electron chi connectivity index (χ0n) is 8.59. The molecule has 0 radical (unpaired) electrons. The molecule has 0 aromatic carbocycles.